The molecule has 0 saturated heterocycles. The summed E-state index contributed by atoms with van der Waals surface area (Å²) >= 11 is 0. The van der Waals surface area contributed by atoms with Crippen LogP contribution in [0, 0.1) is 0 Å². The largest absolute Gasteiger partial charge is 0.309 e. The molecule has 0 aliphatic carbocycles. The van der Waals surface area contributed by atoms with E-state index in [2.05, 4.69) is 262 Å². The van der Waals surface area contributed by atoms with Gasteiger partial charge in [-0.2, -0.15) is 0 Å². The van der Waals surface area contributed by atoms with E-state index in [0.717, 1.165) is 17.1 Å². The number of aromatic nitrogens is 3. The lowest BCUT2D eigenvalue weighted by Gasteiger charge is -2.35. The van der Waals surface area contributed by atoms with E-state index in [1.54, 1.807) is 0 Å². The van der Waals surface area contributed by atoms with Gasteiger partial charge in [0, 0.05) is 49.4 Å². The first-order valence-corrected chi connectivity index (χ1v) is 24.1. The molecule has 0 unspecified atom stereocenters. The third kappa shape index (κ3) is 5.33. The van der Waals surface area contributed by atoms with Crippen molar-refractivity contribution in [1.82, 2.24) is 13.7 Å². The molecule has 3 aromatic heterocycles. The standard InChI is InChI=1S/C60H41N3Si/c1-4-20-42(21-5-1)61-57-36-16-12-32-51(57)53-41-60-54(40-59(53)61)52-33-13-17-37-58(52)63(60)44-23-19-29-48(39-44)64(45-24-6-2-7-25-45,46-26-8-3-9-27-46)47-28-18-22-43(38-47)62-55-34-14-10-30-49(55)50-31-11-15-35-56(50)62/h1-41H. The number of hydrogen-bond acceptors (Lipinski definition) is 0. The van der Waals surface area contributed by atoms with Crippen LogP contribution in [-0.4, -0.2) is 21.8 Å². The summed E-state index contributed by atoms with van der Waals surface area (Å²) in [5, 5.41) is 12.8. The van der Waals surface area contributed by atoms with E-state index in [4.69, 9.17) is 0 Å². The quantitative estimate of drug-likeness (QED) is 0.112. The van der Waals surface area contributed by atoms with Crippen molar-refractivity contribution in [2.75, 3.05) is 0 Å². The molecule has 13 aromatic rings. The summed E-state index contributed by atoms with van der Waals surface area (Å²) < 4.78 is 7.38. The highest BCUT2D eigenvalue weighted by Gasteiger charge is 2.42. The number of benzene rings is 10. The number of hydrogen-bond donors (Lipinski definition) is 0. The Morgan fingerprint density at radius 1 is 0.203 bits per heavy atom. The molecule has 3 nitrogen and oxygen atoms in total. The SMILES string of the molecule is c1ccc(-n2c3ccccc3c3cc4c(cc32)c2ccccc2n4-c2cccc([Si](c3ccccc3)(c3ccccc3)c3cccc(-n4c5ccccc5c5ccccc54)c3)c2)cc1. The van der Waals surface area contributed by atoms with Crippen molar-refractivity contribution in [1.29, 1.82) is 0 Å². The second kappa shape index (κ2) is 14.5. The lowest BCUT2D eigenvalue weighted by molar-refractivity contribution is 1.18. The zero-order valence-corrected chi connectivity index (χ0v) is 36.0. The summed E-state index contributed by atoms with van der Waals surface area (Å²) in [5.74, 6) is 0. The highest BCUT2D eigenvalue weighted by atomic mass is 28.3. The van der Waals surface area contributed by atoms with Crippen molar-refractivity contribution >= 4 is 94.2 Å². The minimum absolute atomic E-state index is 1.15. The summed E-state index contributed by atoms with van der Waals surface area (Å²) in [6.07, 6.45) is 0. The van der Waals surface area contributed by atoms with Gasteiger partial charge in [0.1, 0.15) is 0 Å². The van der Waals surface area contributed by atoms with E-state index >= 15 is 0 Å². The minimum atomic E-state index is -3.00. The van der Waals surface area contributed by atoms with E-state index in [1.165, 1.54) is 86.2 Å². The molecule has 4 heteroatoms. The maximum Gasteiger partial charge on any atom is 0.179 e. The molecule has 10 aromatic carbocycles. The zero-order valence-electron chi connectivity index (χ0n) is 35.0. The van der Waals surface area contributed by atoms with Crippen molar-refractivity contribution < 1.29 is 0 Å². The van der Waals surface area contributed by atoms with Crippen LogP contribution < -0.4 is 20.7 Å². The average molecular weight is 832 g/mol. The van der Waals surface area contributed by atoms with E-state index in [9.17, 15) is 0 Å². The molecule has 0 saturated carbocycles. The molecule has 64 heavy (non-hydrogen) atoms. The van der Waals surface area contributed by atoms with Crippen LogP contribution in [0.25, 0.3) is 82.5 Å². The fourth-order valence-corrected chi connectivity index (χ4v) is 15.7. The summed E-state index contributed by atoms with van der Waals surface area (Å²) in [7, 11) is -3.00. The van der Waals surface area contributed by atoms with Crippen LogP contribution in [0.4, 0.5) is 0 Å². The summed E-state index contributed by atoms with van der Waals surface area (Å²) in [4.78, 5) is 0. The smallest absolute Gasteiger partial charge is 0.179 e. The van der Waals surface area contributed by atoms with E-state index in [1.807, 2.05) is 0 Å². The topological polar surface area (TPSA) is 14.8 Å². The molecule has 13 rings (SSSR count). The van der Waals surface area contributed by atoms with Gasteiger partial charge in [-0.1, -0.05) is 176 Å². The Hall–Kier alpha value is -8.18. The summed E-state index contributed by atoms with van der Waals surface area (Å²) in [6, 6.07) is 92.4. The fraction of sp³-hybridized carbons (Fsp3) is 0. The molecule has 0 spiro atoms. The van der Waals surface area contributed by atoms with Crippen molar-refractivity contribution in [2.24, 2.45) is 0 Å². The first-order chi connectivity index (χ1) is 31.8. The third-order valence-electron chi connectivity index (χ3n) is 13.5. The molecule has 0 aliphatic heterocycles. The first kappa shape index (κ1) is 36.5. The maximum atomic E-state index is 2.51. The van der Waals surface area contributed by atoms with Crippen LogP contribution in [0.5, 0.6) is 0 Å². The minimum Gasteiger partial charge on any atom is -0.309 e. The Labute approximate surface area is 372 Å². The van der Waals surface area contributed by atoms with E-state index in [-0.39, 0.29) is 0 Å². The van der Waals surface area contributed by atoms with Gasteiger partial charge in [-0.25, -0.2) is 0 Å². The highest BCUT2D eigenvalue weighted by molar-refractivity contribution is 7.20. The Morgan fingerprint density at radius 2 is 0.500 bits per heavy atom. The Morgan fingerprint density at radius 3 is 0.922 bits per heavy atom. The van der Waals surface area contributed by atoms with Crippen LogP contribution >= 0.6 is 0 Å². The van der Waals surface area contributed by atoms with Gasteiger partial charge in [0.2, 0.25) is 0 Å². The van der Waals surface area contributed by atoms with Crippen LogP contribution in [0.15, 0.2) is 249 Å². The van der Waals surface area contributed by atoms with Gasteiger partial charge in [0.25, 0.3) is 0 Å². The first-order valence-electron chi connectivity index (χ1n) is 22.1. The number of nitrogens with zero attached hydrogens (tertiary/aromatic N) is 3. The Bertz CT molecular complexity index is 3800. The van der Waals surface area contributed by atoms with Gasteiger partial charge < -0.3 is 13.7 Å². The van der Waals surface area contributed by atoms with Gasteiger partial charge in [-0.05, 0) is 93.5 Å². The molecule has 0 aliphatic rings. The molecule has 0 fully saturated rings. The third-order valence-corrected chi connectivity index (χ3v) is 18.3. The molecular formula is C60H41N3Si. The highest BCUT2D eigenvalue weighted by Crippen LogP contribution is 2.40. The van der Waals surface area contributed by atoms with Gasteiger partial charge in [0.15, 0.2) is 8.07 Å². The van der Waals surface area contributed by atoms with Crippen molar-refractivity contribution in [2.45, 2.75) is 0 Å². The monoisotopic (exact) mass is 831 g/mol. The molecule has 0 N–H and O–H groups in total. The predicted octanol–water partition coefficient (Wildman–Crippen LogP) is 12.4. The number of para-hydroxylation sites is 5. The molecule has 300 valence electrons. The predicted molar refractivity (Wildman–Crippen MR) is 273 cm³/mol. The Balaban J connectivity index is 1.09. The zero-order chi connectivity index (χ0) is 42.2. The van der Waals surface area contributed by atoms with Gasteiger partial charge in [0.05, 0.1) is 33.1 Å². The molecular weight excluding hydrogens is 791 g/mol. The molecule has 0 amide bonds. The molecule has 0 atom stereocenters. The van der Waals surface area contributed by atoms with Crippen LogP contribution in [0.1, 0.15) is 0 Å². The molecule has 3 heterocycles. The second-order valence-electron chi connectivity index (χ2n) is 16.9. The second-order valence-corrected chi connectivity index (χ2v) is 20.7. The van der Waals surface area contributed by atoms with Crippen molar-refractivity contribution in [3.63, 3.8) is 0 Å². The van der Waals surface area contributed by atoms with E-state index in [0.29, 0.717) is 0 Å². The van der Waals surface area contributed by atoms with Crippen LogP contribution in [-0.2, 0) is 0 Å². The maximum absolute atomic E-state index is 3.00. The molecule has 0 radical (unpaired) electrons. The van der Waals surface area contributed by atoms with Gasteiger partial charge in [-0.15, -0.1) is 0 Å². The average Bonchev–Trinajstić information content (AvgIpc) is 4.00. The van der Waals surface area contributed by atoms with Crippen LogP contribution in [0.2, 0.25) is 0 Å². The van der Waals surface area contributed by atoms with Crippen LogP contribution in [0.3, 0.4) is 0 Å². The number of fused-ring (bicyclic) bond motifs is 9. The van der Waals surface area contributed by atoms with Crippen molar-refractivity contribution in [3.05, 3.63) is 249 Å². The summed E-state index contributed by atoms with van der Waals surface area (Å²) in [5.41, 5.74) is 10.7. The lowest BCUT2D eigenvalue weighted by Crippen LogP contribution is -2.74. The summed E-state index contributed by atoms with van der Waals surface area (Å²) in [6.45, 7) is 0. The van der Waals surface area contributed by atoms with Gasteiger partial charge >= 0.3 is 0 Å². The van der Waals surface area contributed by atoms with Gasteiger partial charge in [-0.3, -0.25) is 0 Å². The molecule has 0 bridgehead atoms. The normalized spacial score (nSPS) is 12.1. The van der Waals surface area contributed by atoms with E-state index < -0.39 is 8.07 Å². The van der Waals surface area contributed by atoms with Crippen molar-refractivity contribution in [3.8, 4) is 17.1 Å². The Kier molecular flexibility index (Phi) is 8.23. The lowest BCUT2D eigenvalue weighted by atomic mass is 10.1. The number of rotatable bonds is 7. The fourth-order valence-electron chi connectivity index (χ4n) is 10.9.